The molecule has 0 aliphatic carbocycles. The molecular weight excluding hydrogens is 280 g/mol. The average Bonchev–Trinajstić information content (AvgIpc) is 2.58. The molecule has 0 radical (unpaired) electrons. The third-order valence-electron chi connectivity index (χ3n) is 3.63. The Morgan fingerprint density at radius 2 is 1.55 bits per heavy atom. The van der Waals surface area contributed by atoms with Crippen LogP contribution in [0.3, 0.4) is 0 Å². The monoisotopic (exact) mass is 292 g/mol. The Morgan fingerprint density at radius 1 is 0.909 bits per heavy atom. The van der Waals surface area contributed by atoms with Gasteiger partial charge in [0, 0.05) is 5.39 Å². The summed E-state index contributed by atoms with van der Waals surface area (Å²) in [6.45, 7) is 0. The molecule has 108 valence electrons. The molecule has 0 aromatic heterocycles. The van der Waals surface area contributed by atoms with E-state index < -0.39 is 5.97 Å². The Kier molecular flexibility index (Phi) is 2.76. The summed E-state index contributed by atoms with van der Waals surface area (Å²) in [5.41, 5.74) is 0.353. The minimum absolute atomic E-state index is 0.353. The second-order valence-electron chi connectivity index (χ2n) is 4.95. The van der Waals surface area contributed by atoms with Gasteiger partial charge in [-0.15, -0.1) is 0 Å². The van der Waals surface area contributed by atoms with Crippen LogP contribution in [0.5, 0.6) is 23.0 Å². The lowest BCUT2D eigenvalue weighted by atomic mass is 10.0. The van der Waals surface area contributed by atoms with Gasteiger partial charge in [0.25, 0.3) is 0 Å². The molecule has 0 amide bonds. The number of hydrogen-bond donors (Lipinski definition) is 0. The molecule has 0 saturated heterocycles. The zero-order valence-corrected chi connectivity index (χ0v) is 11.8. The van der Waals surface area contributed by atoms with E-state index in [2.05, 4.69) is 0 Å². The lowest BCUT2D eigenvalue weighted by Gasteiger charge is -2.23. The fourth-order valence-corrected chi connectivity index (χ4v) is 2.60. The highest BCUT2D eigenvalue weighted by Crippen LogP contribution is 2.50. The summed E-state index contributed by atoms with van der Waals surface area (Å²) >= 11 is 0. The van der Waals surface area contributed by atoms with Crippen molar-refractivity contribution < 1.29 is 19.0 Å². The fourth-order valence-electron chi connectivity index (χ4n) is 2.60. The number of fused-ring (bicyclic) bond motifs is 4. The zero-order valence-electron chi connectivity index (χ0n) is 11.8. The number of benzene rings is 3. The summed E-state index contributed by atoms with van der Waals surface area (Å²) in [7, 11) is 1.35. The van der Waals surface area contributed by atoms with E-state index >= 15 is 0 Å². The van der Waals surface area contributed by atoms with Crippen molar-refractivity contribution in [1.82, 2.24) is 0 Å². The van der Waals surface area contributed by atoms with Crippen LogP contribution in [0.1, 0.15) is 10.4 Å². The van der Waals surface area contributed by atoms with Crippen molar-refractivity contribution in [3.8, 4) is 23.0 Å². The Labute approximate surface area is 126 Å². The Bertz CT molecular complexity index is 899. The summed E-state index contributed by atoms with van der Waals surface area (Å²) in [5, 5.41) is 1.78. The Balaban J connectivity index is 2.02. The van der Waals surface area contributed by atoms with Gasteiger partial charge in [0.2, 0.25) is 0 Å². The van der Waals surface area contributed by atoms with Gasteiger partial charge in [-0.2, -0.15) is 0 Å². The van der Waals surface area contributed by atoms with Crippen molar-refractivity contribution in [2.24, 2.45) is 0 Å². The molecule has 3 aromatic carbocycles. The van der Waals surface area contributed by atoms with E-state index in [0.29, 0.717) is 28.6 Å². The molecule has 0 atom stereocenters. The molecule has 0 bridgehead atoms. The highest BCUT2D eigenvalue weighted by Gasteiger charge is 2.27. The van der Waals surface area contributed by atoms with Crippen LogP contribution in [0, 0.1) is 0 Å². The van der Waals surface area contributed by atoms with Crippen molar-refractivity contribution >= 4 is 16.7 Å². The van der Waals surface area contributed by atoms with Crippen LogP contribution in [0.25, 0.3) is 10.8 Å². The highest BCUT2D eigenvalue weighted by molar-refractivity contribution is 6.03. The largest absolute Gasteiger partial charge is 0.465 e. The molecule has 0 saturated carbocycles. The summed E-state index contributed by atoms with van der Waals surface area (Å²) < 4.78 is 16.8. The Hall–Kier alpha value is -3.01. The van der Waals surface area contributed by atoms with Gasteiger partial charge in [0.1, 0.15) is 5.56 Å². The number of methoxy groups -OCH3 is 1. The number of para-hydroxylation sites is 2. The molecule has 1 heterocycles. The van der Waals surface area contributed by atoms with Crippen molar-refractivity contribution in [1.29, 1.82) is 0 Å². The minimum atomic E-state index is -0.454. The molecule has 0 N–H and O–H groups in total. The standard InChI is InChI=1S/C18H12O4/c1-20-18(19)13-10-11-6-2-3-7-12(11)16-17(13)22-15-9-5-4-8-14(15)21-16/h2-10H,1H3. The van der Waals surface area contributed by atoms with E-state index in [9.17, 15) is 4.79 Å². The number of hydrogen-bond acceptors (Lipinski definition) is 4. The minimum Gasteiger partial charge on any atom is -0.465 e. The third-order valence-corrected chi connectivity index (χ3v) is 3.63. The smallest absolute Gasteiger partial charge is 0.341 e. The first kappa shape index (κ1) is 12.7. The van der Waals surface area contributed by atoms with Crippen LogP contribution in [0.15, 0.2) is 54.6 Å². The summed E-state index contributed by atoms with van der Waals surface area (Å²) in [6.07, 6.45) is 0. The van der Waals surface area contributed by atoms with Crippen molar-refractivity contribution in [3.63, 3.8) is 0 Å². The lowest BCUT2D eigenvalue weighted by molar-refractivity contribution is 0.0597. The van der Waals surface area contributed by atoms with Crippen LogP contribution in [-0.2, 0) is 4.74 Å². The molecule has 4 rings (SSSR count). The maximum absolute atomic E-state index is 12.1. The molecule has 0 unspecified atom stereocenters. The van der Waals surface area contributed by atoms with Gasteiger partial charge in [-0.1, -0.05) is 36.4 Å². The first-order valence-corrected chi connectivity index (χ1v) is 6.87. The number of carbonyl (C=O) groups excluding carboxylic acids is 1. The van der Waals surface area contributed by atoms with Gasteiger partial charge in [-0.25, -0.2) is 4.79 Å². The van der Waals surface area contributed by atoms with Crippen molar-refractivity contribution in [2.45, 2.75) is 0 Å². The quantitative estimate of drug-likeness (QED) is 0.484. The molecule has 0 spiro atoms. The van der Waals surface area contributed by atoms with Gasteiger partial charge in [0.05, 0.1) is 7.11 Å². The molecule has 4 heteroatoms. The Morgan fingerprint density at radius 3 is 2.27 bits per heavy atom. The predicted molar refractivity (Wildman–Crippen MR) is 81.9 cm³/mol. The SMILES string of the molecule is COC(=O)c1cc2ccccc2c2c1Oc1ccccc1O2. The van der Waals surface area contributed by atoms with E-state index in [1.54, 1.807) is 12.1 Å². The maximum atomic E-state index is 12.1. The summed E-state index contributed by atoms with van der Waals surface area (Å²) in [4.78, 5) is 12.1. The predicted octanol–water partition coefficient (Wildman–Crippen LogP) is 4.52. The average molecular weight is 292 g/mol. The van der Waals surface area contributed by atoms with Crippen molar-refractivity contribution in [2.75, 3.05) is 7.11 Å². The number of esters is 1. The highest BCUT2D eigenvalue weighted by atomic mass is 16.6. The molecule has 0 fully saturated rings. The molecule has 1 aliphatic heterocycles. The molecule has 22 heavy (non-hydrogen) atoms. The van der Waals surface area contributed by atoms with Crippen LogP contribution >= 0.6 is 0 Å². The van der Waals surface area contributed by atoms with Gasteiger partial charge in [-0.05, 0) is 23.6 Å². The second-order valence-corrected chi connectivity index (χ2v) is 4.95. The first-order valence-electron chi connectivity index (χ1n) is 6.87. The van der Waals surface area contributed by atoms with Gasteiger partial charge >= 0.3 is 5.97 Å². The number of carbonyl (C=O) groups is 1. The third kappa shape index (κ3) is 1.81. The van der Waals surface area contributed by atoms with Crippen molar-refractivity contribution in [3.05, 3.63) is 60.2 Å². The molecular formula is C18H12O4. The number of ether oxygens (including phenoxy) is 3. The topological polar surface area (TPSA) is 44.8 Å². The van der Waals surface area contributed by atoms with Gasteiger partial charge in [-0.3, -0.25) is 0 Å². The molecule has 3 aromatic rings. The normalized spacial score (nSPS) is 11.9. The van der Waals surface area contributed by atoms with E-state index in [4.69, 9.17) is 14.2 Å². The van der Waals surface area contributed by atoms with Crippen LogP contribution < -0.4 is 9.47 Å². The van der Waals surface area contributed by atoms with E-state index in [-0.39, 0.29) is 0 Å². The van der Waals surface area contributed by atoms with Crippen LogP contribution in [0.2, 0.25) is 0 Å². The zero-order chi connectivity index (χ0) is 15.1. The summed E-state index contributed by atoms with van der Waals surface area (Å²) in [5.74, 6) is 1.68. The number of rotatable bonds is 1. The van der Waals surface area contributed by atoms with E-state index in [1.807, 2.05) is 42.5 Å². The first-order chi connectivity index (χ1) is 10.8. The van der Waals surface area contributed by atoms with Gasteiger partial charge < -0.3 is 14.2 Å². The van der Waals surface area contributed by atoms with E-state index in [1.165, 1.54) is 7.11 Å². The van der Waals surface area contributed by atoms with Crippen LogP contribution in [-0.4, -0.2) is 13.1 Å². The maximum Gasteiger partial charge on any atom is 0.341 e. The lowest BCUT2D eigenvalue weighted by Crippen LogP contribution is -2.08. The van der Waals surface area contributed by atoms with E-state index in [0.717, 1.165) is 10.8 Å². The second kappa shape index (κ2) is 4.77. The van der Waals surface area contributed by atoms with Gasteiger partial charge in [0.15, 0.2) is 23.0 Å². The fraction of sp³-hybridized carbons (Fsp3) is 0.0556. The molecule has 4 nitrogen and oxygen atoms in total. The summed E-state index contributed by atoms with van der Waals surface area (Å²) in [6, 6.07) is 16.8. The van der Waals surface area contributed by atoms with Crippen LogP contribution in [0.4, 0.5) is 0 Å². The molecule has 1 aliphatic rings.